The van der Waals surface area contributed by atoms with E-state index in [0.717, 1.165) is 18.8 Å². The van der Waals surface area contributed by atoms with Crippen molar-refractivity contribution in [3.63, 3.8) is 0 Å². The monoisotopic (exact) mass is 336 g/mol. The number of halogens is 1. The molecule has 0 saturated carbocycles. The van der Waals surface area contributed by atoms with Gasteiger partial charge in [0.2, 0.25) is 0 Å². The van der Waals surface area contributed by atoms with Gasteiger partial charge in [0, 0.05) is 12.3 Å². The van der Waals surface area contributed by atoms with Gasteiger partial charge in [0.05, 0.1) is 13.0 Å². The van der Waals surface area contributed by atoms with Crippen molar-refractivity contribution in [2.45, 2.75) is 59.0 Å². The summed E-state index contributed by atoms with van der Waals surface area (Å²) < 4.78 is 10.1. The number of ether oxygens (including phenoxy) is 2. The van der Waals surface area contributed by atoms with Gasteiger partial charge >= 0.3 is 11.9 Å². The maximum absolute atomic E-state index is 11.5. The zero-order valence-electron chi connectivity index (χ0n) is 12.1. The molecule has 112 valence electrons. The summed E-state index contributed by atoms with van der Waals surface area (Å²) in [6.07, 6.45) is 4.03. The van der Waals surface area contributed by atoms with Crippen molar-refractivity contribution >= 4 is 27.9 Å². The molecule has 0 aliphatic carbocycles. The van der Waals surface area contributed by atoms with Gasteiger partial charge < -0.3 is 9.47 Å². The van der Waals surface area contributed by atoms with E-state index in [9.17, 15) is 9.59 Å². The maximum Gasteiger partial charge on any atom is 0.309 e. The van der Waals surface area contributed by atoms with Crippen LogP contribution < -0.4 is 0 Å². The summed E-state index contributed by atoms with van der Waals surface area (Å²) in [6, 6.07) is 0. The predicted octanol–water partition coefficient (Wildman–Crippen LogP) is 3.46. The Balaban J connectivity index is 3.60. The number of unbranched alkanes of at least 4 members (excludes halogenated alkanes) is 2. The van der Waals surface area contributed by atoms with E-state index in [0.29, 0.717) is 11.9 Å². The van der Waals surface area contributed by atoms with Crippen molar-refractivity contribution in [3.05, 3.63) is 0 Å². The molecule has 0 aliphatic heterocycles. The van der Waals surface area contributed by atoms with Crippen LogP contribution in [0.5, 0.6) is 0 Å². The minimum atomic E-state index is -0.439. The summed E-state index contributed by atoms with van der Waals surface area (Å²) in [7, 11) is 0. The SMILES string of the molecule is CC(=O)OC(CBr)CC(=O)OCCCCCC(C)C. The van der Waals surface area contributed by atoms with E-state index in [1.807, 2.05) is 0 Å². The normalized spacial score (nSPS) is 12.3. The van der Waals surface area contributed by atoms with Crippen LogP contribution in [-0.2, 0) is 19.1 Å². The van der Waals surface area contributed by atoms with Gasteiger partial charge in [0.25, 0.3) is 0 Å². The lowest BCUT2D eigenvalue weighted by atomic mass is 10.1. The van der Waals surface area contributed by atoms with Gasteiger partial charge in [-0.2, -0.15) is 0 Å². The van der Waals surface area contributed by atoms with Crippen molar-refractivity contribution in [1.29, 1.82) is 0 Å². The van der Waals surface area contributed by atoms with Crippen LogP contribution in [0.4, 0.5) is 0 Å². The molecule has 0 rings (SSSR count). The van der Waals surface area contributed by atoms with Crippen molar-refractivity contribution < 1.29 is 19.1 Å². The molecule has 0 aliphatic rings. The molecule has 5 heteroatoms. The Morgan fingerprint density at radius 1 is 1.16 bits per heavy atom. The average Bonchev–Trinajstić information content (AvgIpc) is 2.31. The van der Waals surface area contributed by atoms with E-state index in [1.165, 1.54) is 19.8 Å². The number of alkyl halides is 1. The fourth-order valence-electron chi connectivity index (χ4n) is 1.62. The Morgan fingerprint density at radius 2 is 1.84 bits per heavy atom. The third kappa shape index (κ3) is 12.2. The highest BCUT2D eigenvalue weighted by Gasteiger charge is 2.16. The second kappa shape index (κ2) is 11.3. The van der Waals surface area contributed by atoms with Crippen LogP contribution in [0.3, 0.4) is 0 Å². The molecule has 1 atom stereocenters. The number of hydrogen-bond donors (Lipinski definition) is 0. The van der Waals surface area contributed by atoms with E-state index < -0.39 is 6.10 Å². The van der Waals surface area contributed by atoms with E-state index in [4.69, 9.17) is 9.47 Å². The van der Waals surface area contributed by atoms with Gasteiger partial charge in [-0.1, -0.05) is 49.0 Å². The van der Waals surface area contributed by atoms with Crippen LogP contribution in [-0.4, -0.2) is 30.0 Å². The van der Waals surface area contributed by atoms with Gasteiger partial charge in [-0.25, -0.2) is 0 Å². The average molecular weight is 337 g/mol. The zero-order chi connectivity index (χ0) is 14.7. The first-order chi connectivity index (χ1) is 8.95. The third-order valence-electron chi connectivity index (χ3n) is 2.59. The van der Waals surface area contributed by atoms with Crippen molar-refractivity contribution in [2.75, 3.05) is 11.9 Å². The van der Waals surface area contributed by atoms with Crippen LogP contribution in [0.2, 0.25) is 0 Å². The highest BCUT2D eigenvalue weighted by molar-refractivity contribution is 9.09. The second-order valence-corrected chi connectivity index (χ2v) is 5.70. The van der Waals surface area contributed by atoms with Gasteiger partial charge in [-0.15, -0.1) is 0 Å². The molecular weight excluding hydrogens is 312 g/mol. The lowest BCUT2D eigenvalue weighted by molar-refractivity contribution is -0.152. The summed E-state index contributed by atoms with van der Waals surface area (Å²) in [5, 5.41) is 0.441. The minimum absolute atomic E-state index is 0.108. The van der Waals surface area contributed by atoms with E-state index in [1.54, 1.807) is 0 Å². The summed E-state index contributed by atoms with van der Waals surface area (Å²) >= 11 is 3.20. The Hall–Kier alpha value is -0.580. The minimum Gasteiger partial charge on any atom is -0.466 e. The Kier molecular flexibility index (Phi) is 10.9. The topological polar surface area (TPSA) is 52.6 Å². The second-order valence-electron chi connectivity index (χ2n) is 5.05. The molecule has 0 aromatic carbocycles. The first-order valence-corrected chi connectivity index (χ1v) is 7.96. The Morgan fingerprint density at radius 3 is 2.37 bits per heavy atom. The molecule has 0 bridgehead atoms. The first kappa shape index (κ1) is 18.4. The van der Waals surface area contributed by atoms with Crippen LogP contribution >= 0.6 is 15.9 Å². The molecule has 0 amide bonds. The molecule has 1 unspecified atom stereocenters. The van der Waals surface area contributed by atoms with Gasteiger partial charge in [-0.05, 0) is 12.3 Å². The molecule has 0 spiro atoms. The quantitative estimate of drug-likeness (QED) is 0.348. The fraction of sp³-hybridized carbons (Fsp3) is 0.857. The van der Waals surface area contributed by atoms with E-state index in [-0.39, 0.29) is 18.4 Å². The first-order valence-electron chi connectivity index (χ1n) is 6.84. The number of carbonyl (C=O) groups is 2. The number of carbonyl (C=O) groups excluding carboxylic acids is 2. The molecule has 0 radical (unpaired) electrons. The molecule has 0 saturated heterocycles. The smallest absolute Gasteiger partial charge is 0.309 e. The number of esters is 2. The van der Waals surface area contributed by atoms with Crippen molar-refractivity contribution in [3.8, 4) is 0 Å². The number of hydrogen-bond acceptors (Lipinski definition) is 4. The van der Waals surface area contributed by atoms with Crippen LogP contribution in [0.1, 0.15) is 52.9 Å². The maximum atomic E-state index is 11.5. The van der Waals surface area contributed by atoms with E-state index >= 15 is 0 Å². The molecular formula is C14H25BrO4. The lowest BCUT2D eigenvalue weighted by Gasteiger charge is -2.13. The molecule has 0 N–H and O–H groups in total. The predicted molar refractivity (Wildman–Crippen MR) is 78.2 cm³/mol. The Bertz CT molecular complexity index is 266. The molecule has 0 heterocycles. The molecule has 0 aromatic rings. The largest absolute Gasteiger partial charge is 0.466 e. The standard InChI is InChI=1S/C14H25BrO4/c1-11(2)7-5-4-6-8-18-14(17)9-13(10-15)19-12(3)16/h11,13H,4-10H2,1-3H3. The lowest BCUT2D eigenvalue weighted by Crippen LogP contribution is -2.23. The molecule has 0 aromatic heterocycles. The highest BCUT2D eigenvalue weighted by Crippen LogP contribution is 2.09. The zero-order valence-corrected chi connectivity index (χ0v) is 13.7. The third-order valence-corrected chi connectivity index (χ3v) is 3.31. The van der Waals surface area contributed by atoms with Crippen LogP contribution in [0.25, 0.3) is 0 Å². The van der Waals surface area contributed by atoms with Crippen LogP contribution in [0.15, 0.2) is 0 Å². The molecule has 19 heavy (non-hydrogen) atoms. The summed E-state index contributed by atoms with van der Waals surface area (Å²) in [5.41, 5.74) is 0. The van der Waals surface area contributed by atoms with Gasteiger partial charge in [-0.3, -0.25) is 9.59 Å². The van der Waals surface area contributed by atoms with Gasteiger partial charge in [0.1, 0.15) is 6.10 Å². The van der Waals surface area contributed by atoms with Crippen molar-refractivity contribution in [1.82, 2.24) is 0 Å². The summed E-state index contributed by atoms with van der Waals surface area (Å²) in [4.78, 5) is 22.3. The van der Waals surface area contributed by atoms with Gasteiger partial charge in [0.15, 0.2) is 0 Å². The van der Waals surface area contributed by atoms with Crippen molar-refractivity contribution in [2.24, 2.45) is 5.92 Å². The van der Waals surface area contributed by atoms with E-state index in [2.05, 4.69) is 29.8 Å². The highest BCUT2D eigenvalue weighted by atomic mass is 79.9. The molecule has 0 fully saturated rings. The summed E-state index contributed by atoms with van der Waals surface area (Å²) in [5.74, 6) is 0.0338. The Labute approximate surface area is 124 Å². The fourth-order valence-corrected chi connectivity index (χ4v) is 1.99. The molecule has 4 nitrogen and oxygen atoms in total. The summed E-state index contributed by atoms with van der Waals surface area (Å²) in [6.45, 7) is 6.19. The van der Waals surface area contributed by atoms with Crippen LogP contribution in [0, 0.1) is 5.92 Å². The number of rotatable bonds is 10.